The highest BCUT2D eigenvalue weighted by molar-refractivity contribution is 7.85. The monoisotopic (exact) mass is 331 g/mol. The first-order chi connectivity index (χ1) is 11.3. The first-order valence-corrected chi connectivity index (χ1v) is 9.64. The van der Waals surface area contributed by atoms with Gasteiger partial charge in [-0.2, -0.15) is 4.98 Å². The molecular weight excluding hydrogens is 310 g/mol. The van der Waals surface area contributed by atoms with Crippen molar-refractivity contribution in [3.8, 4) is 0 Å². The normalized spacial score (nSPS) is 23.2. The highest BCUT2D eigenvalue weighted by Crippen LogP contribution is 2.40. The average Bonchev–Trinajstić information content (AvgIpc) is 3.14. The van der Waals surface area contributed by atoms with E-state index >= 15 is 0 Å². The standard InChI is InChI=1S/C17H21N3O2S/c21-23(14-5-2-1-3-6-14)12-11-20-10-4-7-15(20)16-18-17(22-19-16)13-8-9-13/h1-3,5-6,13,15H,4,7-12H2. The third kappa shape index (κ3) is 3.38. The Hall–Kier alpha value is -1.53. The minimum Gasteiger partial charge on any atom is -0.339 e. The van der Waals surface area contributed by atoms with Gasteiger partial charge in [-0.15, -0.1) is 0 Å². The smallest absolute Gasteiger partial charge is 0.229 e. The summed E-state index contributed by atoms with van der Waals surface area (Å²) in [6.07, 6.45) is 4.54. The molecule has 122 valence electrons. The lowest BCUT2D eigenvalue weighted by Crippen LogP contribution is -2.28. The van der Waals surface area contributed by atoms with E-state index in [9.17, 15) is 4.21 Å². The van der Waals surface area contributed by atoms with Crippen LogP contribution in [0.3, 0.4) is 0 Å². The number of likely N-dealkylation sites (tertiary alicyclic amines) is 1. The van der Waals surface area contributed by atoms with E-state index in [-0.39, 0.29) is 6.04 Å². The highest BCUT2D eigenvalue weighted by Gasteiger charge is 2.34. The van der Waals surface area contributed by atoms with E-state index in [0.717, 1.165) is 42.5 Å². The van der Waals surface area contributed by atoms with Crippen LogP contribution in [0.2, 0.25) is 0 Å². The maximum atomic E-state index is 12.4. The molecule has 0 N–H and O–H groups in total. The largest absolute Gasteiger partial charge is 0.339 e. The number of hydrogen-bond acceptors (Lipinski definition) is 5. The molecule has 0 radical (unpaired) electrons. The SMILES string of the molecule is O=S(CCN1CCCC1c1noc(C2CC2)n1)c1ccccc1. The van der Waals surface area contributed by atoms with Gasteiger partial charge in [0.2, 0.25) is 5.89 Å². The molecule has 2 aromatic rings. The van der Waals surface area contributed by atoms with Gasteiger partial charge in [-0.25, -0.2) is 0 Å². The molecule has 1 saturated heterocycles. The molecule has 2 heterocycles. The summed E-state index contributed by atoms with van der Waals surface area (Å²) in [5, 5.41) is 4.19. The fourth-order valence-corrected chi connectivity index (χ4v) is 4.25. The third-order valence-electron chi connectivity index (χ3n) is 4.62. The van der Waals surface area contributed by atoms with Crippen molar-refractivity contribution >= 4 is 10.8 Å². The topological polar surface area (TPSA) is 59.2 Å². The van der Waals surface area contributed by atoms with Gasteiger partial charge in [0.15, 0.2) is 5.82 Å². The van der Waals surface area contributed by atoms with Crippen molar-refractivity contribution in [3.63, 3.8) is 0 Å². The van der Waals surface area contributed by atoms with E-state index in [2.05, 4.69) is 15.0 Å². The maximum absolute atomic E-state index is 12.4. The molecule has 0 amide bonds. The second-order valence-corrected chi connectivity index (χ2v) is 7.89. The first kappa shape index (κ1) is 15.0. The van der Waals surface area contributed by atoms with Gasteiger partial charge in [0.25, 0.3) is 0 Å². The summed E-state index contributed by atoms with van der Waals surface area (Å²) < 4.78 is 17.8. The zero-order valence-electron chi connectivity index (χ0n) is 13.1. The second kappa shape index (κ2) is 6.53. The molecule has 1 aliphatic carbocycles. The molecule has 4 rings (SSSR count). The Morgan fingerprint density at radius 1 is 1.22 bits per heavy atom. The Bertz CT molecular complexity index is 684. The van der Waals surface area contributed by atoms with Gasteiger partial charge in [-0.1, -0.05) is 23.4 Å². The number of hydrogen-bond donors (Lipinski definition) is 0. The van der Waals surface area contributed by atoms with Gasteiger partial charge in [0.05, 0.1) is 16.8 Å². The summed E-state index contributed by atoms with van der Waals surface area (Å²) in [5.74, 6) is 2.76. The predicted octanol–water partition coefficient (Wildman–Crippen LogP) is 2.89. The van der Waals surface area contributed by atoms with Crippen molar-refractivity contribution in [1.29, 1.82) is 0 Å². The number of nitrogens with zero attached hydrogens (tertiary/aromatic N) is 3. The minimum atomic E-state index is -0.949. The van der Waals surface area contributed by atoms with E-state index in [1.54, 1.807) is 0 Å². The Morgan fingerprint density at radius 2 is 2.04 bits per heavy atom. The highest BCUT2D eigenvalue weighted by atomic mass is 32.2. The molecule has 2 atom stereocenters. The maximum Gasteiger partial charge on any atom is 0.229 e. The van der Waals surface area contributed by atoms with E-state index < -0.39 is 10.8 Å². The van der Waals surface area contributed by atoms with Gasteiger partial charge in [0, 0.05) is 23.1 Å². The Kier molecular flexibility index (Phi) is 4.27. The van der Waals surface area contributed by atoms with Crippen LogP contribution in [-0.4, -0.2) is 38.1 Å². The van der Waals surface area contributed by atoms with Crippen molar-refractivity contribution in [2.75, 3.05) is 18.8 Å². The van der Waals surface area contributed by atoms with Crippen molar-refractivity contribution in [2.24, 2.45) is 0 Å². The lowest BCUT2D eigenvalue weighted by Gasteiger charge is -2.21. The number of aromatic nitrogens is 2. The van der Waals surface area contributed by atoms with Gasteiger partial charge in [-0.05, 0) is 44.4 Å². The Labute approximate surface area is 138 Å². The average molecular weight is 331 g/mol. The summed E-state index contributed by atoms with van der Waals surface area (Å²) in [4.78, 5) is 7.85. The second-order valence-electron chi connectivity index (χ2n) is 6.32. The Morgan fingerprint density at radius 3 is 2.83 bits per heavy atom. The molecule has 6 heteroatoms. The van der Waals surface area contributed by atoms with Crippen LogP contribution in [0.1, 0.15) is 49.4 Å². The molecule has 23 heavy (non-hydrogen) atoms. The molecule has 1 aromatic heterocycles. The summed E-state index contributed by atoms with van der Waals surface area (Å²) in [6, 6.07) is 9.90. The molecule has 1 aromatic carbocycles. The van der Waals surface area contributed by atoms with Crippen LogP contribution in [0, 0.1) is 0 Å². The summed E-state index contributed by atoms with van der Waals surface area (Å²) in [6.45, 7) is 1.82. The lowest BCUT2D eigenvalue weighted by atomic mass is 10.2. The molecule has 0 bridgehead atoms. The molecule has 1 aliphatic heterocycles. The van der Waals surface area contributed by atoms with Crippen LogP contribution >= 0.6 is 0 Å². The van der Waals surface area contributed by atoms with E-state index in [0.29, 0.717) is 11.7 Å². The third-order valence-corrected chi connectivity index (χ3v) is 5.97. The van der Waals surface area contributed by atoms with E-state index in [1.807, 2.05) is 30.3 Å². The molecule has 0 spiro atoms. The zero-order chi connectivity index (χ0) is 15.6. The van der Waals surface area contributed by atoms with E-state index in [4.69, 9.17) is 4.52 Å². The quantitative estimate of drug-likeness (QED) is 0.814. The van der Waals surface area contributed by atoms with Gasteiger partial charge in [0.1, 0.15) is 0 Å². The van der Waals surface area contributed by atoms with Crippen LogP contribution in [0.25, 0.3) is 0 Å². The summed E-state index contributed by atoms with van der Waals surface area (Å²) in [5.41, 5.74) is 0. The minimum absolute atomic E-state index is 0.221. The van der Waals surface area contributed by atoms with Crippen molar-refractivity contribution in [1.82, 2.24) is 15.0 Å². The fraction of sp³-hybridized carbons (Fsp3) is 0.529. The Balaban J connectivity index is 1.38. The summed E-state index contributed by atoms with van der Waals surface area (Å²) in [7, 11) is -0.949. The van der Waals surface area contributed by atoms with Crippen molar-refractivity contribution in [2.45, 2.75) is 42.5 Å². The zero-order valence-corrected chi connectivity index (χ0v) is 13.9. The number of benzene rings is 1. The molecule has 2 aliphatic rings. The van der Waals surface area contributed by atoms with Crippen LogP contribution in [0.4, 0.5) is 0 Å². The van der Waals surface area contributed by atoms with Crippen molar-refractivity contribution < 1.29 is 8.73 Å². The molecular formula is C17H21N3O2S. The van der Waals surface area contributed by atoms with E-state index in [1.165, 1.54) is 12.8 Å². The first-order valence-electron chi connectivity index (χ1n) is 8.32. The van der Waals surface area contributed by atoms with Gasteiger partial charge >= 0.3 is 0 Å². The molecule has 5 nitrogen and oxygen atoms in total. The predicted molar refractivity (Wildman–Crippen MR) is 87.5 cm³/mol. The van der Waals surface area contributed by atoms with Crippen LogP contribution < -0.4 is 0 Å². The summed E-state index contributed by atoms with van der Waals surface area (Å²) >= 11 is 0. The molecule has 2 fully saturated rings. The lowest BCUT2D eigenvalue weighted by molar-refractivity contribution is 0.256. The van der Waals surface area contributed by atoms with Crippen LogP contribution in [-0.2, 0) is 10.8 Å². The van der Waals surface area contributed by atoms with Crippen molar-refractivity contribution in [3.05, 3.63) is 42.0 Å². The van der Waals surface area contributed by atoms with Gasteiger partial charge in [-0.3, -0.25) is 9.11 Å². The number of rotatable bonds is 6. The van der Waals surface area contributed by atoms with Gasteiger partial charge < -0.3 is 4.52 Å². The fourth-order valence-electron chi connectivity index (χ4n) is 3.16. The molecule has 1 saturated carbocycles. The van der Waals surface area contributed by atoms with Crippen LogP contribution in [0.15, 0.2) is 39.8 Å². The van der Waals surface area contributed by atoms with Crippen LogP contribution in [0.5, 0.6) is 0 Å². The molecule has 2 unspecified atom stereocenters.